The van der Waals surface area contributed by atoms with Gasteiger partial charge in [0.15, 0.2) is 0 Å². The topological polar surface area (TPSA) is 45.1 Å². The average Bonchev–Trinajstić information content (AvgIpc) is 3.16. The maximum Gasteiger partial charge on any atom is 0.133 e. The van der Waals surface area contributed by atoms with Gasteiger partial charge in [-0.25, -0.2) is 9.37 Å². The van der Waals surface area contributed by atoms with E-state index in [1.54, 1.807) is 12.1 Å². The van der Waals surface area contributed by atoms with E-state index in [0.29, 0.717) is 17.1 Å². The highest BCUT2D eigenvalue weighted by atomic mass is 32.1. The molecule has 1 aromatic carbocycles. The molecule has 0 aliphatic heterocycles. The Kier molecular flexibility index (Phi) is 4.33. The highest BCUT2D eigenvalue weighted by Crippen LogP contribution is 2.30. The van der Waals surface area contributed by atoms with Gasteiger partial charge < -0.3 is 10.4 Å². The second kappa shape index (κ2) is 6.22. The molecular weight excluding hydrogens is 287 g/mol. The normalized spacial score (nSPS) is 17.2. The number of rotatable bonds is 5. The van der Waals surface area contributed by atoms with Crippen LogP contribution in [0.5, 0.6) is 0 Å². The predicted octanol–water partition coefficient (Wildman–Crippen LogP) is 3.34. The van der Waals surface area contributed by atoms with Gasteiger partial charge in [-0.3, -0.25) is 0 Å². The highest BCUT2D eigenvalue weighted by Gasteiger charge is 2.32. The molecule has 1 heterocycles. The largest absolute Gasteiger partial charge is 0.394 e. The van der Waals surface area contributed by atoms with Gasteiger partial charge >= 0.3 is 0 Å². The first-order chi connectivity index (χ1) is 10.2. The second-order valence-corrected chi connectivity index (χ2v) is 6.48. The molecule has 3 rings (SSSR count). The van der Waals surface area contributed by atoms with Gasteiger partial charge in [-0.1, -0.05) is 25.0 Å². The van der Waals surface area contributed by atoms with Gasteiger partial charge in [-0.15, -0.1) is 11.3 Å². The van der Waals surface area contributed by atoms with Crippen LogP contribution in [0.25, 0.3) is 10.6 Å². The SMILES string of the molecule is OCC1(NCc2csc(-c3ccccc3F)n2)CCCC1. The van der Waals surface area contributed by atoms with E-state index >= 15 is 0 Å². The van der Waals surface area contributed by atoms with Crippen molar-refractivity contribution >= 4 is 11.3 Å². The number of halogens is 1. The number of aliphatic hydroxyl groups is 1. The molecule has 1 aromatic heterocycles. The van der Waals surface area contributed by atoms with E-state index in [2.05, 4.69) is 10.3 Å². The van der Waals surface area contributed by atoms with Gasteiger partial charge in [0.1, 0.15) is 10.8 Å². The van der Waals surface area contributed by atoms with Crippen molar-refractivity contribution in [3.63, 3.8) is 0 Å². The molecule has 0 atom stereocenters. The number of nitrogens with zero attached hydrogens (tertiary/aromatic N) is 1. The minimum atomic E-state index is -0.242. The van der Waals surface area contributed by atoms with Crippen LogP contribution >= 0.6 is 11.3 Å². The zero-order valence-electron chi connectivity index (χ0n) is 11.8. The van der Waals surface area contributed by atoms with Crippen molar-refractivity contribution in [3.8, 4) is 10.6 Å². The maximum atomic E-state index is 13.7. The third kappa shape index (κ3) is 3.15. The molecule has 0 bridgehead atoms. The minimum Gasteiger partial charge on any atom is -0.394 e. The standard InChI is InChI=1S/C16H19FN2OS/c17-14-6-2-1-5-13(14)15-19-12(10-21-15)9-18-16(11-20)7-3-4-8-16/h1-2,5-6,10,18,20H,3-4,7-9,11H2. The number of nitrogens with one attached hydrogen (secondary N) is 1. The predicted molar refractivity (Wildman–Crippen MR) is 82.6 cm³/mol. The van der Waals surface area contributed by atoms with Crippen molar-refractivity contribution in [2.45, 2.75) is 37.8 Å². The van der Waals surface area contributed by atoms with Crippen molar-refractivity contribution in [2.75, 3.05) is 6.61 Å². The van der Waals surface area contributed by atoms with Gasteiger partial charge in [0.05, 0.1) is 12.3 Å². The Morgan fingerprint density at radius 2 is 2.05 bits per heavy atom. The fourth-order valence-corrected chi connectivity index (χ4v) is 3.71. The highest BCUT2D eigenvalue weighted by molar-refractivity contribution is 7.13. The van der Waals surface area contributed by atoms with E-state index in [4.69, 9.17) is 0 Å². The summed E-state index contributed by atoms with van der Waals surface area (Å²) in [4.78, 5) is 4.50. The molecule has 0 unspecified atom stereocenters. The van der Waals surface area contributed by atoms with E-state index in [0.717, 1.165) is 31.4 Å². The van der Waals surface area contributed by atoms with Gasteiger partial charge in [-0.05, 0) is 25.0 Å². The summed E-state index contributed by atoms with van der Waals surface area (Å²) in [6.45, 7) is 0.781. The lowest BCUT2D eigenvalue weighted by Gasteiger charge is -2.27. The number of hydrogen-bond donors (Lipinski definition) is 2. The van der Waals surface area contributed by atoms with Gasteiger partial charge in [0, 0.05) is 23.0 Å². The Hall–Kier alpha value is -1.30. The van der Waals surface area contributed by atoms with Crippen LogP contribution in [0.3, 0.4) is 0 Å². The van der Waals surface area contributed by atoms with Crippen molar-refractivity contribution in [1.29, 1.82) is 0 Å². The summed E-state index contributed by atoms with van der Waals surface area (Å²) in [5.41, 5.74) is 1.30. The van der Waals surface area contributed by atoms with Gasteiger partial charge in [0.25, 0.3) is 0 Å². The third-order valence-electron chi connectivity index (χ3n) is 4.16. The Morgan fingerprint density at radius 1 is 1.29 bits per heavy atom. The Labute approximate surface area is 127 Å². The molecule has 1 aliphatic rings. The van der Waals surface area contributed by atoms with Crippen LogP contribution in [0.15, 0.2) is 29.6 Å². The van der Waals surface area contributed by atoms with Crippen molar-refractivity contribution in [1.82, 2.24) is 10.3 Å². The molecule has 0 radical (unpaired) electrons. The lowest BCUT2D eigenvalue weighted by Crippen LogP contribution is -2.45. The first-order valence-electron chi connectivity index (χ1n) is 7.28. The maximum absolute atomic E-state index is 13.7. The van der Waals surface area contributed by atoms with E-state index in [9.17, 15) is 9.50 Å². The molecule has 5 heteroatoms. The van der Waals surface area contributed by atoms with Crippen LogP contribution in [0, 0.1) is 5.82 Å². The number of benzene rings is 1. The summed E-state index contributed by atoms with van der Waals surface area (Å²) in [5, 5.41) is 15.7. The number of thiazole rings is 1. The lowest BCUT2D eigenvalue weighted by molar-refractivity contribution is 0.162. The molecule has 2 N–H and O–H groups in total. The Balaban J connectivity index is 1.70. The van der Waals surface area contributed by atoms with Crippen LogP contribution in [-0.2, 0) is 6.54 Å². The van der Waals surface area contributed by atoms with E-state index in [1.165, 1.54) is 17.4 Å². The molecule has 1 aliphatic carbocycles. The fraction of sp³-hybridized carbons (Fsp3) is 0.438. The van der Waals surface area contributed by atoms with E-state index < -0.39 is 0 Å². The fourth-order valence-electron chi connectivity index (χ4n) is 2.87. The molecule has 2 aromatic rings. The first-order valence-corrected chi connectivity index (χ1v) is 8.16. The second-order valence-electron chi connectivity index (χ2n) is 5.62. The molecule has 21 heavy (non-hydrogen) atoms. The van der Waals surface area contributed by atoms with Crippen LogP contribution in [-0.4, -0.2) is 22.2 Å². The number of aromatic nitrogens is 1. The summed E-state index contributed by atoms with van der Waals surface area (Å²) in [5.74, 6) is -0.242. The molecule has 1 fully saturated rings. The molecular formula is C16H19FN2OS. The third-order valence-corrected chi connectivity index (χ3v) is 5.09. The molecule has 0 spiro atoms. The molecule has 0 amide bonds. The summed E-state index contributed by atoms with van der Waals surface area (Å²) in [7, 11) is 0. The smallest absolute Gasteiger partial charge is 0.133 e. The molecule has 112 valence electrons. The Morgan fingerprint density at radius 3 is 2.76 bits per heavy atom. The monoisotopic (exact) mass is 306 g/mol. The van der Waals surface area contributed by atoms with Crippen molar-refractivity contribution in [2.24, 2.45) is 0 Å². The Bertz CT molecular complexity index is 608. The summed E-state index contributed by atoms with van der Waals surface area (Å²) < 4.78 is 13.7. The zero-order chi connectivity index (χ0) is 14.7. The number of aliphatic hydroxyl groups excluding tert-OH is 1. The zero-order valence-corrected chi connectivity index (χ0v) is 12.6. The average molecular weight is 306 g/mol. The molecule has 3 nitrogen and oxygen atoms in total. The summed E-state index contributed by atoms with van der Waals surface area (Å²) >= 11 is 1.45. The van der Waals surface area contributed by atoms with Crippen LogP contribution in [0.2, 0.25) is 0 Å². The minimum absolute atomic E-state index is 0.151. The van der Waals surface area contributed by atoms with Crippen molar-refractivity contribution < 1.29 is 9.50 Å². The van der Waals surface area contributed by atoms with Crippen LogP contribution < -0.4 is 5.32 Å². The van der Waals surface area contributed by atoms with E-state index in [-0.39, 0.29) is 18.0 Å². The van der Waals surface area contributed by atoms with Gasteiger partial charge in [0.2, 0.25) is 0 Å². The molecule has 1 saturated carbocycles. The number of hydrogen-bond acceptors (Lipinski definition) is 4. The van der Waals surface area contributed by atoms with E-state index in [1.807, 2.05) is 11.4 Å². The summed E-state index contributed by atoms with van der Waals surface area (Å²) in [6.07, 6.45) is 4.33. The molecule has 0 saturated heterocycles. The lowest BCUT2D eigenvalue weighted by atomic mass is 9.99. The van der Waals surface area contributed by atoms with Crippen molar-refractivity contribution in [3.05, 3.63) is 41.2 Å². The van der Waals surface area contributed by atoms with Crippen LogP contribution in [0.4, 0.5) is 4.39 Å². The van der Waals surface area contributed by atoms with Crippen LogP contribution in [0.1, 0.15) is 31.4 Å². The summed E-state index contributed by atoms with van der Waals surface area (Å²) in [6, 6.07) is 6.70. The van der Waals surface area contributed by atoms with Gasteiger partial charge in [-0.2, -0.15) is 0 Å². The quantitative estimate of drug-likeness (QED) is 0.890. The first kappa shape index (κ1) is 14.6.